The Hall–Kier alpha value is -1.88. The molecule has 2 aromatic rings. The van der Waals surface area contributed by atoms with E-state index in [-0.39, 0.29) is 12.5 Å². The van der Waals surface area contributed by atoms with Gasteiger partial charge in [0.25, 0.3) is 0 Å². The lowest BCUT2D eigenvalue weighted by molar-refractivity contribution is -0.124. The van der Waals surface area contributed by atoms with Crippen LogP contribution < -0.4 is 11.1 Å². The van der Waals surface area contributed by atoms with Gasteiger partial charge in [-0.25, -0.2) is 0 Å². The third kappa shape index (κ3) is 7.79. The molecule has 0 saturated carbocycles. The predicted octanol–water partition coefficient (Wildman–Crippen LogP) is 3.10. The van der Waals surface area contributed by atoms with Crippen LogP contribution in [0.1, 0.15) is 6.42 Å². The maximum Gasteiger partial charge on any atom is 0.245 e. The molecule has 5 heteroatoms. The van der Waals surface area contributed by atoms with Gasteiger partial charge in [-0.1, -0.05) is 54.1 Å². The van der Waals surface area contributed by atoms with Crippen LogP contribution in [0.3, 0.4) is 0 Å². The second-order valence-corrected chi connectivity index (χ2v) is 5.07. The lowest BCUT2D eigenvalue weighted by Gasteiger charge is -2.00. The number of hydrogen-bond acceptors (Lipinski definition) is 3. The van der Waals surface area contributed by atoms with Crippen LogP contribution in [0.2, 0.25) is 5.02 Å². The van der Waals surface area contributed by atoms with E-state index >= 15 is 0 Å². The van der Waals surface area contributed by atoms with Crippen molar-refractivity contribution >= 4 is 17.5 Å². The summed E-state index contributed by atoms with van der Waals surface area (Å²) < 4.78 is 4.89. The SMILES string of the molecule is CN.Clc1ccc(-c2ccccc2)cc1.O=C1COCCCN1. The van der Waals surface area contributed by atoms with E-state index < -0.39 is 0 Å². The van der Waals surface area contributed by atoms with Gasteiger partial charge in [-0.2, -0.15) is 0 Å². The third-order valence-electron chi connectivity index (χ3n) is 2.97. The second kappa shape index (κ2) is 11.7. The Morgan fingerprint density at radius 2 is 1.61 bits per heavy atom. The van der Waals surface area contributed by atoms with Crippen molar-refractivity contribution in [3.63, 3.8) is 0 Å². The summed E-state index contributed by atoms with van der Waals surface area (Å²) in [5.74, 6) is 0.00231. The Kier molecular flexibility index (Phi) is 9.71. The number of halogens is 1. The fourth-order valence-electron chi connectivity index (χ4n) is 1.89. The molecule has 1 aliphatic rings. The topological polar surface area (TPSA) is 64.4 Å². The van der Waals surface area contributed by atoms with Gasteiger partial charge in [-0.15, -0.1) is 0 Å². The lowest BCUT2D eigenvalue weighted by atomic mass is 10.1. The zero-order valence-electron chi connectivity index (χ0n) is 13.3. The highest BCUT2D eigenvalue weighted by Gasteiger charge is 2.03. The average molecular weight is 335 g/mol. The first-order chi connectivity index (χ1) is 11.3. The van der Waals surface area contributed by atoms with Crippen LogP contribution in [0, 0.1) is 0 Å². The standard InChI is InChI=1S/C12H9Cl.C5H9NO2.CH5N/c13-12-8-6-11(7-9-12)10-4-2-1-3-5-10;7-5-4-8-3-1-2-6-5;1-2/h1-9H;1-4H2,(H,6,7);2H2,1H3. The number of nitrogens with two attached hydrogens (primary N) is 1. The van der Waals surface area contributed by atoms with Gasteiger partial charge in [0.2, 0.25) is 5.91 Å². The smallest absolute Gasteiger partial charge is 0.245 e. The van der Waals surface area contributed by atoms with Gasteiger partial charge in [0.1, 0.15) is 6.61 Å². The van der Waals surface area contributed by atoms with Crippen molar-refractivity contribution in [3.8, 4) is 11.1 Å². The lowest BCUT2D eigenvalue weighted by Crippen LogP contribution is -2.24. The number of carbonyl (C=O) groups is 1. The van der Waals surface area contributed by atoms with Crippen LogP contribution in [-0.2, 0) is 9.53 Å². The fraction of sp³-hybridized carbons (Fsp3) is 0.278. The molecule has 23 heavy (non-hydrogen) atoms. The molecule has 0 bridgehead atoms. The number of benzene rings is 2. The summed E-state index contributed by atoms with van der Waals surface area (Å²) in [6, 6.07) is 18.1. The summed E-state index contributed by atoms with van der Waals surface area (Å²) in [5, 5.41) is 3.46. The molecule has 1 aliphatic heterocycles. The van der Waals surface area contributed by atoms with E-state index in [0.29, 0.717) is 6.61 Å². The molecule has 124 valence electrons. The van der Waals surface area contributed by atoms with E-state index in [9.17, 15) is 4.79 Å². The Labute approximate surface area is 142 Å². The van der Waals surface area contributed by atoms with Gasteiger partial charge in [0.15, 0.2) is 0 Å². The van der Waals surface area contributed by atoms with Crippen molar-refractivity contribution < 1.29 is 9.53 Å². The van der Waals surface area contributed by atoms with Gasteiger partial charge in [0, 0.05) is 18.2 Å². The highest BCUT2D eigenvalue weighted by molar-refractivity contribution is 6.30. The molecule has 1 saturated heterocycles. The molecule has 2 aromatic carbocycles. The van der Waals surface area contributed by atoms with Crippen molar-refractivity contribution in [2.45, 2.75) is 6.42 Å². The average Bonchev–Trinajstić information content (AvgIpc) is 2.86. The number of ether oxygens (including phenoxy) is 1. The largest absolute Gasteiger partial charge is 0.372 e. The predicted molar refractivity (Wildman–Crippen MR) is 95.4 cm³/mol. The summed E-state index contributed by atoms with van der Waals surface area (Å²) in [4.78, 5) is 10.4. The number of rotatable bonds is 1. The Morgan fingerprint density at radius 3 is 2.26 bits per heavy atom. The van der Waals surface area contributed by atoms with Crippen LogP contribution >= 0.6 is 11.6 Å². The number of hydrogen-bond donors (Lipinski definition) is 2. The van der Waals surface area contributed by atoms with Gasteiger partial charge < -0.3 is 15.8 Å². The summed E-state index contributed by atoms with van der Waals surface area (Å²) in [7, 11) is 1.50. The molecule has 3 rings (SSSR count). The van der Waals surface area contributed by atoms with Gasteiger partial charge in [-0.05, 0) is 36.7 Å². The normalized spacial score (nSPS) is 13.4. The monoisotopic (exact) mass is 334 g/mol. The molecule has 4 nitrogen and oxygen atoms in total. The Morgan fingerprint density at radius 1 is 1.00 bits per heavy atom. The highest BCUT2D eigenvalue weighted by atomic mass is 35.5. The van der Waals surface area contributed by atoms with Gasteiger partial charge in [-0.3, -0.25) is 4.79 Å². The highest BCUT2D eigenvalue weighted by Crippen LogP contribution is 2.20. The van der Waals surface area contributed by atoms with E-state index in [1.165, 1.54) is 18.2 Å². The van der Waals surface area contributed by atoms with Crippen molar-refractivity contribution in [1.29, 1.82) is 0 Å². The van der Waals surface area contributed by atoms with E-state index in [1.807, 2.05) is 42.5 Å². The Balaban J connectivity index is 0.000000228. The van der Waals surface area contributed by atoms with Crippen LogP contribution in [-0.4, -0.2) is 32.7 Å². The summed E-state index contributed by atoms with van der Waals surface area (Å²) in [5.41, 5.74) is 6.92. The molecule has 0 aliphatic carbocycles. The Bertz CT molecular complexity index is 549. The van der Waals surface area contributed by atoms with Crippen molar-refractivity contribution in [3.05, 3.63) is 59.6 Å². The first kappa shape index (κ1) is 19.2. The molecule has 0 atom stereocenters. The molecule has 3 N–H and O–H groups in total. The number of amides is 1. The molecule has 1 amide bonds. The maximum atomic E-state index is 10.4. The van der Waals surface area contributed by atoms with Crippen LogP contribution in [0.4, 0.5) is 0 Å². The molecule has 0 radical (unpaired) electrons. The third-order valence-corrected chi connectivity index (χ3v) is 3.22. The molecule has 0 aromatic heterocycles. The van der Waals surface area contributed by atoms with E-state index in [1.54, 1.807) is 0 Å². The number of carbonyl (C=O) groups excluding carboxylic acids is 1. The van der Waals surface area contributed by atoms with Gasteiger partial charge in [0.05, 0.1) is 0 Å². The first-order valence-corrected chi connectivity index (χ1v) is 7.86. The van der Waals surface area contributed by atoms with Crippen LogP contribution in [0.25, 0.3) is 11.1 Å². The minimum atomic E-state index is 0.00231. The number of nitrogens with one attached hydrogen (secondary N) is 1. The first-order valence-electron chi connectivity index (χ1n) is 7.49. The maximum absolute atomic E-state index is 10.4. The quantitative estimate of drug-likeness (QED) is 0.842. The minimum Gasteiger partial charge on any atom is -0.372 e. The zero-order valence-corrected chi connectivity index (χ0v) is 14.1. The fourth-order valence-corrected chi connectivity index (χ4v) is 2.02. The van der Waals surface area contributed by atoms with Crippen molar-refractivity contribution in [1.82, 2.24) is 5.32 Å². The molecule has 1 fully saturated rings. The molecule has 0 spiro atoms. The molecular weight excluding hydrogens is 312 g/mol. The summed E-state index contributed by atoms with van der Waals surface area (Å²) in [6.45, 7) is 1.71. The van der Waals surface area contributed by atoms with Crippen molar-refractivity contribution in [2.24, 2.45) is 5.73 Å². The van der Waals surface area contributed by atoms with Crippen molar-refractivity contribution in [2.75, 3.05) is 26.8 Å². The summed E-state index contributed by atoms with van der Waals surface area (Å²) >= 11 is 5.80. The summed E-state index contributed by atoms with van der Waals surface area (Å²) in [6.07, 6.45) is 0.936. The second-order valence-electron chi connectivity index (χ2n) is 4.63. The van der Waals surface area contributed by atoms with Gasteiger partial charge >= 0.3 is 0 Å². The van der Waals surface area contributed by atoms with E-state index in [0.717, 1.165) is 18.0 Å². The minimum absolute atomic E-state index is 0.00231. The van der Waals surface area contributed by atoms with E-state index in [2.05, 4.69) is 23.2 Å². The molecular formula is C18H23ClN2O2. The van der Waals surface area contributed by atoms with Crippen LogP contribution in [0.15, 0.2) is 54.6 Å². The van der Waals surface area contributed by atoms with E-state index in [4.69, 9.17) is 16.3 Å². The zero-order chi connectivity index (χ0) is 16.9. The van der Waals surface area contributed by atoms with Crippen LogP contribution in [0.5, 0.6) is 0 Å². The molecule has 0 unspecified atom stereocenters. The molecule has 1 heterocycles.